The predicted molar refractivity (Wildman–Crippen MR) is 119 cm³/mol. The van der Waals surface area contributed by atoms with Gasteiger partial charge in [0.25, 0.3) is 5.91 Å². The number of carbonyl (C=O) groups is 1. The van der Waals surface area contributed by atoms with E-state index < -0.39 is 0 Å². The van der Waals surface area contributed by atoms with Crippen LogP contribution in [0.2, 0.25) is 0 Å². The van der Waals surface area contributed by atoms with Gasteiger partial charge >= 0.3 is 0 Å². The maximum Gasteiger partial charge on any atom is 0.251 e. The number of nitrogens with one attached hydrogen (secondary N) is 1. The number of ether oxygens (including phenoxy) is 1. The summed E-state index contributed by atoms with van der Waals surface area (Å²) in [4.78, 5) is 12.5. The summed E-state index contributed by atoms with van der Waals surface area (Å²) >= 11 is 0. The fourth-order valence-corrected chi connectivity index (χ4v) is 3.35. The van der Waals surface area contributed by atoms with Gasteiger partial charge in [0.1, 0.15) is 5.75 Å². The Morgan fingerprint density at radius 1 is 0.935 bits per heavy atom. The molecule has 6 nitrogen and oxygen atoms in total. The number of para-hydroxylation sites is 1. The van der Waals surface area contributed by atoms with Gasteiger partial charge in [-0.1, -0.05) is 36.4 Å². The van der Waals surface area contributed by atoms with Gasteiger partial charge in [0.15, 0.2) is 0 Å². The summed E-state index contributed by atoms with van der Waals surface area (Å²) < 4.78 is 11.2. The normalized spacial score (nSPS) is 10.6. The molecule has 0 fully saturated rings. The summed E-state index contributed by atoms with van der Waals surface area (Å²) in [6, 6.07) is 22.8. The molecule has 0 radical (unpaired) electrons. The Morgan fingerprint density at radius 3 is 2.42 bits per heavy atom. The Hall–Kier alpha value is -3.93. The maximum absolute atomic E-state index is 12.5. The zero-order valence-corrected chi connectivity index (χ0v) is 17.5. The monoisotopic (exact) mass is 413 g/mol. The van der Waals surface area contributed by atoms with Gasteiger partial charge in [0.2, 0.25) is 11.8 Å². The van der Waals surface area contributed by atoms with Crippen molar-refractivity contribution in [3.8, 4) is 28.7 Å². The number of carbonyl (C=O) groups excluding carboxylic acids is 1. The van der Waals surface area contributed by atoms with Crippen molar-refractivity contribution in [1.29, 1.82) is 0 Å². The van der Waals surface area contributed by atoms with Crippen LogP contribution < -0.4 is 10.1 Å². The Kier molecular flexibility index (Phi) is 6.08. The van der Waals surface area contributed by atoms with E-state index in [9.17, 15) is 4.79 Å². The van der Waals surface area contributed by atoms with Gasteiger partial charge in [-0.05, 0) is 60.9 Å². The van der Waals surface area contributed by atoms with Crippen molar-refractivity contribution in [2.45, 2.75) is 13.3 Å². The largest absolute Gasteiger partial charge is 0.496 e. The highest BCUT2D eigenvalue weighted by atomic mass is 16.5. The number of nitrogens with zero attached hydrogens (tertiary/aromatic N) is 2. The Balaban J connectivity index is 1.39. The summed E-state index contributed by atoms with van der Waals surface area (Å²) in [5, 5.41) is 11.3. The molecule has 0 saturated carbocycles. The number of aromatic nitrogens is 2. The Morgan fingerprint density at radius 2 is 1.65 bits per heavy atom. The number of rotatable bonds is 7. The van der Waals surface area contributed by atoms with Crippen LogP contribution in [0.25, 0.3) is 22.9 Å². The summed E-state index contributed by atoms with van der Waals surface area (Å²) in [6.45, 7) is 2.52. The van der Waals surface area contributed by atoms with Crippen molar-refractivity contribution < 1.29 is 13.9 Å². The van der Waals surface area contributed by atoms with Crippen LogP contribution in [-0.2, 0) is 6.42 Å². The van der Waals surface area contributed by atoms with E-state index in [-0.39, 0.29) is 5.91 Å². The first kappa shape index (κ1) is 20.3. The minimum Gasteiger partial charge on any atom is -0.496 e. The van der Waals surface area contributed by atoms with Gasteiger partial charge in [-0.15, -0.1) is 10.2 Å². The summed E-state index contributed by atoms with van der Waals surface area (Å²) in [6.07, 6.45) is 0.692. The molecule has 4 rings (SSSR count). The summed E-state index contributed by atoms with van der Waals surface area (Å²) in [5.41, 5.74) is 4.37. The number of methoxy groups -OCH3 is 1. The molecular weight excluding hydrogens is 390 g/mol. The molecule has 6 heteroatoms. The third-order valence-corrected chi connectivity index (χ3v) is 5.07. The van der Waals surface area contributed by atoms with E-state index in [0.29, 0.717) is 30.3 Å². The van der Waals surface area contributed by atoms with Crippen molar-refractivity contribution in [1.82, 2.24) is 15.5 Å². The van der Waals surface area contributed by atoms with E-state index in [1.54, 1.807) is 19.2 Å². The van der Waals surface area contributed by atoms with Gasteiger partial charge in [-0.25, -0.2) is 0 Å². The van der Waals surface area contributed by atoms with Crippen LogP contribution in [0, 0.1) is 6.92 Å². The SMILES string of the molecule is COc1ccccc1CCNC(=O)c1ccc(-c2nnc(-c3ccccc3C)o2)cc1. The zero-order valence-electron chi connectivity index (χ0n) is 17.5. The second kappa shape index (κ2) is 9.26. The second-order valence-corrected chi connectivity index (χ2v) is 7.12. The van der Waals surface area contributed by atoms with Crippen LogP contribution in [0.5, 0.6) is 5.75 Å². The molecule has 4 aromatic rings. The van der Waals surface area contributed by atoms with Crippen molar-refractivity contribution in [2.75, 3.05) is 13.7 Å². The molecule has 1 aromatic heterocycles. The molecule has 31 heavy (non-hydrogen) atoms. The molecule has 0 atom stereocenters. The van der Waals surface area contributed by atoms with Crippen molar-refractivity contribution in [3.05, 3.63) is 89.5 Å². The second-order valence-electron chi connectivity index (χ2n) is 7.12. The molecule has 0 aliphatic heterocycles. The highest BCUT2D eigenvalue weighted by Gasteiger charge is 2.13. The van der Waals surface area contributed by atoms with Gasteiger partial charge in [0, 0.05) is 23.2 Å². The number of aryl methyl sites for hydroxylation is 1. The minimum absolute atomic E-state index is 0.132. The molecule has 0 aliphatic rings. The molecule has 1 amide bonds. The summed E-state index contributed by atoms with van der Waals surface area (Å²) in [5.74, 6) is 1.59. The van der Waals surface area contributed by atoms with Gasteiger partial charge < -0.3 is 14.5 Å². The molecule has 0 bridgehead atoms. The molecule has 0 aliphatic carbocycles. The highest BCUT2D eigenvalue weighted by molar-refractivity contribution is 5.94. The van der Waals surface area contributed by atoms with Crippen LogP contribution in [0.3, 0.4) is 0 Å². The molecule has 1 heterocycles. The van der Waals surface area contributed by atoms with E-state index in [4.69, 9.17) is 9.15 Å². The van der Waals surface area contributed by atoms with Crippen LogP contribution >= 0.6 is 0 Å². The molecule has 0 saturated heterocycles. The fraction of sp³-hybridized carbons (Fsp3) is 0.160. The molecule has 0 spiro atoms. The first-order valence-electron chi connectivity index (χ1n) is 10.1. The van der Waals surface area contributed by atoms with Crippen molar-refractivity contribution in [3.63, 3.8) is 0 Å². The predicted octanol–water partition coefficient (Wildman–Crippen LogP) is 4.69. The van der Waals surface area contributed by atoms with Crippen LogP contribution in [0.4, 0.5) is 0 Å². The third kappa shape index (κ3) is 4.64. The maximum atomic E-state index is 12.5. The molecule has 3 aromatic carbocycles. The average molecular weight is 413 g/mol. The number of hydrogen-bond acceptors (Lipinski definition) is 5. The van der Waals surface area contributed by atoms with Crippen molar-refractivity contribution in [2.24, 2.45) is 0 Å². The quantitative estimate of drug-likeness (QED) is 0.475. The molecule has 156 valence electrons. The lowest BCUT2D eigenvalue weighted by Gasteiger charge is -2.09. The molecule has 0 unspecified atom stereocenters. The third-order valence-electron chi connectivity index (χ3n) is 5.07. The Bertz CT molecular complexity index is 1180. The average Bonchev–Trinajstić information content (AvgIpc) is 3.30. The number of amides is 1. The first-order valence-corrected chi connectivity index (χ1v) is 10.1. The van der Waals surface area contributed by atoms with Gasteiger partial charge in [-0.2, -0.15) is 0 Å². The van der Waals surface area contributed by atoms with E-state index in [2.05, 4.69) is 15.5 Å². The van der Waals surface area contributed by atoms with E-state index in [1.807, 2.05) is 67.6 Å². The first-order chi connectivity index (χ1) is 15.2. The van der Waals surface area contributed by atoms with Crippen LogP contribution in [0.15, 0.2) is 77.2 Å². The lowest BCUT2D eigenvalue weighted by atomic mass is 10.1. The van der Waals surface area contributed by atoms with Gasteiger partial charge in [-0.3, -0.25) is 4.79 Å². The van der Waals surface area contributed by atoms with Gasteiger partial charge in [0.05, 0.1) is 7.11 Å². The smallest absolute Gasteiger partial charge is 0.251 e. The fourth-order valence-electron chi connectivity index (χ4n) is 3.35. The topological polar surface area (TPSA) is 77.2 Å². The summed E-state index contributed by atoms with van der Waals surface area (Å²) in [7, 11) is 1.65. The lowest BCUT2D eigenvalue weighted by Crippen LogP contribution is -2.25. The van der Waals surface area contributed by atoms with Crippen molar-refractivity contribution >= 4 is 5.91 Å². The van der Waals surface area contributed by atoms with E-state index in [1.165, 1.54) is 0 Å². The molecular formula is C25H23N3O3. The van der Waals surface area contributed by atoms with E-state index in [0.717, 1.165) is 28.0 Å². The standard InChI is InChI=1S/C25H23N3O3/c1-17-7-3-5-9-21(17)25-28-27-24(31-25)20-13-11-19(12-14-20)23(29)26-16-15-18-8-4-6-10-22(18)30-2/h3-14H,15-16H2,1-2H3,(H,26,29). The van der Waals surface area contributed by atoms with Crippen LogP contribution in [-0.4, -0.2) is 29.8 Å². The van der Waals surface area contributed by atoms with E-state index >= 15 is 0 Å². The molecule has 1 N–H and O–H groups in total. The number of hydrogen-bond donors (Lipinski definition) is 1. The lowest BCUT2D eigenvalue weighted by molar-refractivity contribution is 0.0954. The Labute approximate surface area is 180 Å². The highest BCUT2D eigenvalue weighted by Crippen LogP contribution is 2.26. The zero-order chi connectivity index (χ0) is 21.6. The number of benzene rings is 3. The van der Waals surface area contributed by atoms with Crippen LogP contribution in [0.1, 0.15) is 21.5 Å². The minimum atomic E-state index is -0.132.